The van der Waals surface area contributed by atoms with Gasteiger partial charge in [0.1, 0.15) is 0 Å². The summed E-state index contributed by atoms with van der Waals surface area (Å²) in [7, 11) is 0.190. The van der Waals surface area contributed by atoms with Crippen molar-refractivity contribution >= 4 is 35.1 Å². The molecule has 0 N–H and O–H groups in total. The second-order valence-electron chi connectivity index (χ2n) is 5.36. The first kappa shape index (κ1) is 14.1. The second-order valence-corrected chi connectivity index (χ2v) is 23.9. The predicted molar refractivity (Wildman–Crippen MR) is 77.1 cm³/mol. The molecule has 1 unspecified atom stereocenters. The molecule has 88 valence electrons. The Morgan fingerprint density at radius 3 is 2.00 bits per heavy atom. The Labute approximate surface area is 106 Å². The van der Waals surface area contributed by atoms with Gasteiger partial charge in [-0.15, -0.1) is 0 Å². The van der Waals surface area contributed by atoms with Gasteiger partial charge in [-0.25, -0.2) is 0 Å². The van der Waals surface area contributed by atoms with Gasteiger partial charge in [-0.1, -0.05) is 0 Å². The molecule has 1 atom stereocenters. The first-order chi connectivity index (χ1) is 7.34. The third-order valence-corrected chi connectivity index (χ3v) is 17.7. The molecule has 1 nitrogen and oxygen atoms in total. The number of carbonyl (C=O) groups excluding carboxylic acids is 1. The number of Topliss-reactive ketones (excluding diaryl/α,β-unsaturated/α-hetero) is 1. The van der Waals surface area contributed by atoms with Gasteiger partial charge in [0.2, 0.25) is 0 Å². The molecule has 0 saturated heterocycles. The van der Waals surface area contributed by atoms with Crippen LogP contribution < -0.4 is 0 Å². The Kier molecular flexibility index (Phi) is 4.92. The van der Waals surface area contributed by atoms with Gasteiger partial charge in [0.15, 0.2) is 0 Å². The van der Waals surface area contributed by atoms with Gasteiger partial charge >= 0.3 is 106 Å². The van der Waals surface area contributed by atoms with E-state index in [9.17, 15) is 4.79 Å². The van der Waals surface area contributed by atoms with Gasteiger partial charge in [-0.05, 0) is 0 Å². The summed E-state index contributed by atoms with van der Waals surface area (Å²) < 4.78 is 0.316. The zero-order valence-electron chi connectivity index (χ0n) is 10.8. The van der Waals surface area contributed by atoms with E-state index in [1.807, 2.05) is 30.3 Å². The average Bonchev–Trinajstić information content (AvgIpc) is 2.16. The topological polar surface area (TPSA) is 17.1 Å². The number of hydrogen-bond acceptors (Lipinski definition) is 1. The molecule has 1 aromatic rings. The molecule has 3 heteroatoms. The van der Waals surface area contributed by atoms with E-state index in [2.05, 4.69) is 27.3 Å². The molecular weight excluding hydrogens is 323 g/mol. The summed E-state index contributed by atoms with van der Waals surface area (Å²) in [5.74, 6) is 0.372. The van der Waals surface area contributed by atoms with Crippen LogP contribution in [0.2, 0.25) is 14.8 Å². The van der Waals surface area contributed by atoms with E-state index in [-0.39, 0.29) is 10.9 Å². The van der Waals surface area contributed by atoms with E-state index in [0.717, 1.165) is 5.56 Å². The van der Waals surface area contributed by atoms with Crippen LogP contribution in [0.3, 0.4) is 0 Å². The molecule has 0 amide bonds. The molecular formula is C13H21OSSn+. The van der Waals surface area contributed by atoms with E-state index in [1.165, 1.54) is 0 Å². The fourth-order valence-electron chi connectivity index (χ4n) is 2.07. The molecule has 0 fully saturated rings. The van der Waals surface area contributed by atoms with Crippen LogP contribution in [-0.4, -0.2) is 39.9 Å². The zero-order valence-corrected chi connectivity index (χ0v) is 14.5. The van der Waals surface area contributed by atoms with Crippen LogP contribution in [0.5, 0.6) is 0 Å². The SMILES string of the molecule is C[S+](C)[CH](C(=O)c1ccccc1)[Sn]([CH3])([CH3])[CH3]. The standard InChI is InChI=1S/C10H12OS.3CH3.Sn/c1-12(2)8-10(11)9-6-4-3-5-7-9;;;;/h3-8H,1-2H3;3*1H3;/q+1;;;;. The molecule has 0 aliphatic rings. The van der Waals surface area contributed by atoms with Crippen molar-refractivity contribution in [3.05, 3.63) is 35.9 Å². The van der Waals surface area contributed by atoms with E-state index < -0.39 is 18.4 Å². The Morgan fingerprint density at radius 2 is 1.62 bits per heavy atom. The van der Waals surface area contributed by atoms with Crippen molar-refractivity contribution in [2.24, 2.45) is 0 Å². The average molecular weight is 344 g/mol. The minimum atomic E-state index is -2.18. The molecule has 0 saturated carbocycles. The minimum absolute atomic E-state index is 0.190. The third kappa shape index (κ3) is 3.52. The first-order valence-corrected chi connectivity index (χ1v) is 17.8. The van der Waals surface area contributed by atoms with Gasteiger partial charge in [-0.3, -0.25) is 0 Å². The van der Waals surface area contributed by atoms with E-state index in [0.29, 0.717) is 9.05 Å². The molecule has 0 aliphatic heterocycles. The maximum absolute atomic E-state index is 12.5. The van der Waals surface area contributed by atoms with Crippen LogP contribution in [-0.2, 0) is 10.9 Å². The van der Waals surface area contributed by atoms with Crippen molar-refractivity contribution in [1.82, 2.24) is 0 Å². The number of ketones is 1. The molecule has 16 heavy (non-hydrogen) atoms. The van der Waals surface area contributed by atoms with Crippen molar-refractivity contribution in [3.8, 4) is 0 Å². The van der Waals surface area contributed by atoms with E-state index in [1.54, 1.807) is 0 Å². The molecule has 1 rings (SSSR count). The summed E-state index contributed by atoms with van der Waals surface area (Å²) in [6.45, 7) is 0. The molecule has 0 bridgehead atoms. The van der Waals surface area contributed by atoms with Crippen LogP contribution in [0.1, 0.15) is 10.4 Å². The van der Waals surface area contributed by atoms with Gasteiger partial charge in [0.25, 0.3) is 0 Å². The maximum atomic E-state index is 12.5. The molecule has 0 aromatic heterocycles. The van der Waals surface area contributed by atoms with Crippen molar-refractivity contribution in [2.75, 3.05) is 12.5 Å². The van der Waals surface area contributed by atoms with Crippen LogP contribution >= 0.6 is 0 Å². The summed E-state index contributed by atoms with van der Waals surface area (Å²) in [4.78, 5) is 19.6. The fraction of sp³-hybridized carbons (Fsp3) is 0.462. The van der Waals surface area contributed by atoms with Gasteiger partial charge in [0.05, 0.1) is 0 Å². The van der Waals surface area contributed by atoms with Crippen LogP contribution in [0.25, 0.3) is 0 Å². The fourth-order valence-corrected chi connectivity index (χ4v) is 18.9. The second kappa shape index (κ2) is 5.58. The van der Waals surface area contributed by atoms with Crippen LogP contribution in [0, 0.1) is 0 Å². The van der Waals surface area contributed by atoms with Crippen LogP contribution in [0.4, 0.5) is 0 Å². The summed E-state index contributed by atoms with van der Waals surface area (Å²) in [5, 5.41) is 0. The number of benzene rings is 1. The summed E-state index contributed by atoms with van der Waals surface area (Å²) in [5.41, 5.74) is 0.889. The monoisotopic (exact) mass is 345 g/mol. The number of hydrogen-bond donors (Lipinski definition) is 0. The van der Waals surface area contributed by atoms with Gasteiger partial charge in [-0.2, -0.15) is 0 Å². The Morgan fingerprint density at radius 1 is 1.12 bits per heavy atom. The quantitative estimate of drug-likeness (QED) is 0.466. The number of carbonyl (C=O) groups is 1. The van der Waals surface area contributed by atoms with Gasteiger partial charge in [0, 0.05) is 0 Å². The Hall–Kier alpha value is 0.0387. The molecule has 0 heterocycles. The summed E-state index contributed by atoms with van der Waals surface area (Å²) >= 11 is -2.18. The molecule has 1 aromatic carbocycles. The normalized spacial score (nSPS) is 13.9. The van der Waals surface area contributed by atoms with Crippen molar-refractivity contribution in [2.45, 2.75) is 18.1 Å². The Balaban J connectivity index is 3.02. The van der Waals surface area contributed by atoms with E-state index in [4.69, 9.17) is 0 Å². The van der Waals surface area contributed by atoms with Crippen LogP contribution in [0.15, 0.2) is 30.3 Å². The van der Waals surface area contributed by atoms with Crippen molar-refractivity contribution in [3.63, 3.8) is 0 Å². The number of rotatable bonds is 4. The summed E-state index contributed by atoms with van der Waals surface area (Å²) in [6, 6.07) is 9.75. The van der Waals surface area contributed by atoms with Crippen molar-refractivity contribution < 1.29 is 4.79 Å². The molecule has 0 radical (unpaired) electrons. The molecule has 0 spiro atoms. The van der Waals surface area contributed by atoms with Crippen molar-refractivity contribution in [1.29, 1.82) is 0 Å². The third-order valence-electron chi connectivity index (χ3n) is 2.55. The van der Waals surface area contributed by atoms with Gasteiger partial charge < -0.3 is 0 Å². The van der Waals surface area contributed by atoms with E-state index >= 15 is 0 Å². The Bertz CT molecular complexity index is 354. The zero-order chi connectivity index (χ0) is 12.3. The predicted octanol–water partition coefficient (Wildman–Crippen LogP) is 2.99. The first-order valence-electron chi connectivity index (χ1n) is 5.49. The molecule has 0 aliphatic carbocycles. The summed E-state index contributed by atoms with van der Waals surface area (Å²) in [6.07, 6.45) is 4.40.